The zero-order chi connectivity index (χ0) is 7.56. The van der Waals surface area contributed by atoms with Gasteiger partial charge in [0.1, 0.15) is 0 Å². The Hall–Kier alpha value is -0.900. The van der Waals surface area contributed by atoms with Crippen LogP contribution in [0.15, 0.2) is 0 Å². The summed E-state index contributed by atoms with van der Waals surface area (Å²) in [6, 6.07) is 0. The molecule has 1 aliphatic heterocycles. The molecule has 1 fully saturated rings. The van der Waals surface area contributed by atoms with Crippen LogP contribution in [0.1, 0.15) is 6.42 Å². The first kappa shape index (κ1) is 7.21. The molecule has 0 aliphatic carbocycles. The van der Waals surface area contributed by atoms with Gasteiger partial charge in [0.15, 0.2) is 0 Å². The van der Waals surface area contributed by atoms with Crippen molar-refractivity contribution < 1.29 is 14.3 Å². The van der Waals surface area contributed by atoms with Crippen LogP contribution in [0.3, 0.4) is 0 Å². The molecular weight excluding hydrogens is 134 g/mol. The maximum atomic E-state index is 10.7. The maximum absolute atomic E-state index is 10.7. The number of nitrogens with zero attached hydrogens (tertiary/aromatic N) is 1. The molecule has 55 valence electrons. The second-order valence-electron chi connectivity index (χ2n) is 2.20. The van der Waals surface area contributed by atoms with E-state index >= 15 is 0 Å². The molecule has 1 heterocycles. The average Bonchev–Trinajstić information content (AvgIpc) is 2.13. The van der Waals surface area contributed by atoms with E-state index in [9.17, 15) is 9.59 Å². The Morgan fingerprint density at radius 1 is 1.70 bits per heavy atom. The number of rotatable bonds is 2. The Morgan fingerprint density at radius 2 is 2.40 bits per heavy atom. The standard InChI is InChI=1S/C6H8NO3/c1-10-3-4-2-5(8)7-6(4)9/h4H,2-3H2,1H3. The Morgan fingerprint density at radius 3 is 2.80 bits per heavy atom. The molecule has 1 unspecified atom stereocenters. The lowest BCUT2D eigenvalue weighted by atomic mass is 10.1. The van der Waals surface area contributed by atoms with E-state index in [4.69, 9.17) is 4.74 Å². The molecule has 4 heteroatoms. The normalized spacial score (nSPS) is 25.1. The molecule has 0 N–H and O–H groups in total. The Balaban J connectivity index is 2.46. The van der Waals surface area contributed by atoms with Crippen LogP contribution in [-0.2, 0) is 14.3 Å². The van der Waals surface area contributed by atoms with Crippen molar-refractivity contribution in [3.05, 3.63) is 0 Å². The number of hydrogen-bond donors (Lipinski definition) is 0. The number of carbonyl (C=O) groups excluding carboxylic acids is 2. The van der Waals surface area contributed by atoms with E-state index in [0.717, 1.165) is 0 Å². The molecule has 10 heavy (non-hydrogen) atoms. The first-order chi connectivity index (χ1) is 4.74. The molecule has 2 amide bonds. The van der Waals surface area contributed by atoms with Crippen LogP contribution >= 0.6 is 0 Å². The summed E-state index contributed by atoms with van der Waals surface area (Å²) in [4.78, 5) is 21.2. The lowest BCUT2D eigenvalue weighted by Crippen LogP contribution is -2.17. The zero-order valence-electron chi connectivity index (χ0n) is 5.66. The summed E-state index contributed by atoms with van der Waals surface area (Å²) in [6.07, 6.45) is 0.215. The lowest BCUT2D eigenvalue weighted by Gasteiger charge is -2.00. The van der Waals surface area contributed by atoms with Crippen molar-refractivity contribution in [1.82, 2.24) is 5.32 Å². The molecule has 1 saturated heterocycles. The van der Waals surface area contributed by atoms with Gasteiger partial charge in [0.2, 0.25) is 5.91 Å². The molecule has 0 aromatic carbocycles. The van der Waals surface area contributed by atoms with Crippen LogP contribution in [0, 0.1) is 5.92 Å². The quantitative estimate of drug-likeness (QED) is 0.479. The summed E-state index contributed by atoms with van der Waals surface area (Å²) in [5, 5.41) is 3.23. The van der Waals surface area contributed by atoms with Crippen molar-refractivity contribution in [2.45, 2.75) is 6.42 Å². The van der Waals surface area contributed by atoms with Crippen LogP contribution in [0.2, 0.25) is 0 Å². The van der Waals surface area contributed by atoms with Crippen molar-refractivity contribution in [3.63, 3.8) is 0 Å². The predicted octanol–water partition coefficient (Wildman–Crippen LogP) is -0.690. The fourth-order valence-electron chi connectivity index (χ4n) is 0.889. The summed E-state index contributed by atoms with van der Waals surface area (Å²) >= 11 is 0. The summed E-state index contributed by atoms with van der Waals surface area (Å²) in [5.41, 5.74) is 0. The highest BCUT2D eigenvalue weighted by atomic mass is 16.5. The van der Waals surface area contributed by atoms with E-state index in [1.807, 2.05) is 0 Å². The van der Waals surface area contributed by atoms with Gasteiger partial charge in [0.25, 0.3) is 5.91 Å². The van der Waals surface area contributed by atoms with Gasteiger partial charge in [-0.15, -0.1) is 0 Å². The number of hydrogen-bond acceptors (Lipinski definition) is 3. The third-order valence-corrected chi connectivity index (χ3v) is 1.37. The van der Waals surface area contributed by atoms with Crippen LogP contribution in [0.5, 0.6) is 0 Å². The number of amides is 2. The van der Waals surface area contributed by atoms with Gasteiger partial charge in [-0.05, 0) is 0 Å². The molecular formula is C6H8NO3. The topological polar surface area (TPSA) is 57.5 Å². The second kappa shape index (κ2) is 2.79. The van der Waals surface area contributed by atoms with E-state index < -0.39 is 0 Å². The zero-order valence-corrected chi connectivity index (χ0v) is 5.66. The molecule has 0 aromatic rings. The van der Waals surface area contributed by atoms with Crippen molar-refractivity contribution in [1.29, 1.82) is 0 Å². The Kier molecular flexibility index (Phi) is 2.01. The SMILES string of the molecule is COCC1CC(=O)[N]C1=O. The fraction of sp³-hybridized carbons (Fsp3) is 0.667. The minimum atomic E-state index is -0.341. The molecule has 0 bridgehead atoms. The molecule has 4 nitrogen and oxygen atoms in total. The summed E-state index contributed by atoms with van der Waals surface area (Å²) < 4.78 is 4.71. The van der Waals surface area contributed by atoms with E-state index in [1.165, 1.54) is 7.11 Å². The highest BCUT2D eigenvalue weighted by Crippen LogP contribution is 2.11. The number of ether oxygens (including phenoxy) is 1. The molecule has 1 radical (unpaired) electrons. The predicted molar refractivity (Wildman–Crippen MR) is 32.1 cm³/mol. The molecule has 1 aliphatic rings. The van der Waals surface area contributed by atoms with Gasteiger partial charge in [-0.2, -0.15) is 5.32 Å². The summed E-state index contributed by atoms with van der Waals surface area (Å²) in [5.74, 6) is -0.989. The van der Waals surface area contributed by atoms with E-state index in [1.54, 1.807) is 0 Å². The Labute approximate surface area is 58.5 Å². The highest BCUT2D eigenvalue weighted by Gasteiger charge is 2.32. The van der Waals surface area contributed by atoms with Crippen LogP contribution in [-0.4, -0.2) is 25.5 Å². The smallest absolute Gasteiger partial charge is 0.254 e. The number of carbonyl (C=O) groups is 2. The van der Waals surface area contributed by atoms with Crippen molar-refractivity contribution in [2.24, 2.45) is 5.92 Å². The van der Waals surface area contributed by atoms with E-state index in [2.05, 4.69) is 5.32 Å². The number of imide groups is 1. The minimum Gasteiger partial charge on any atom is -0.384 e. The average molecular weight is 142 g/mol. The molecule has 0 spiro atoms. The van der Waals surface area contributed by atoms with Gasteiger partial charge < -0.3 is 4.74 Å². The molecule has 0 saturated carbocycles. The third kappa shape index (κ3) is 1.33. The fourth-order valence-corrected chi connectivity index (χ4v) is 0.889. The van der Waals surface area contributed by atoms with E-state index in [-0.39, 0.29) is 24.2 Å². The number of methoxy groups -OCH3 is 1. The van der Waals surface area contributed by atoms with Gasteiger partial charge in [0.05, 0.1) is 12.5 Å². The second-order valence-corrected chi connectivity index (χ2v) is 2.20. The Bertz CT molecular complexity index is 166. The summed E-state index contributed by atoms with van der Waals surface area (Å²) in [7, 11) is 1.50. The molecule has 1 rings (SSSR count). The van der Waals surface area contributed by atoms with Gasteiger partial charge in [0, 0.05) is 13.5 Å². The maximum Gasteiger partial charge on any atom is 0.254 e. The summed E-state index contributed by atoms with van der Waals surface area (Å²) in [6.45, 7) is 0.300. The molecule has 0 aromatic heterocycles. The first-order valence-electron chi connectivity index (χ1n) is 3.01. The van der Waals surface area contributed by atoms with Gasteiger partial charge >= 0.3 is 0 Å². The lowest BCUT2D eigenvalue weighted by molar-refractivity contribution is -0.126. The van der Waals surface area contributed by atoms with Crippen LogP contribution in [0.4, 0.5) is 0 Å². The highest BCUT2D eigenvalue weighted by molar-refractivity contribution is 6.03. The van der Waals surface area contributed by atoms with Gasteiger partial charge in [-0.3, -0.25) is 9.59 Å². The first-order valence-corrected chi connectivity index (χ1v) is 3.01. The van der Waals surface area contributed by atoms with Gasteiger partial charge in [-0.1, -0.05) is 0 Å². The van der Waals surface area contributed by atoms with Crippen molar-refractivity contribution >= 4 is 11.8 Å². The monoisotopic (exact) mass is 142 g/mol. The van der Waals surface area contributed by atoms with Crippen LogP contribution in [0.25, 0.3) is 0 Å². The third-order valence-electron chi connectivity index (χ3n) is 1.37. The van der Waals surface area contributed by atoms with Crippen LogP contribution < -0.4 is 5.32 Å². The largest absolute Gasteiger partial charge is 0.384 e. The van der Waals surface area contributed by atoms with Crippen molar-refractivity contribution in [2.75, 3.05) is 13.7 Å². The van der Waals surface area contributed by atoms with Crippen molar-refractivity contribution in [3.8, 4) is 0 Å². The minimum absolute atomic E-state index is 0.215. The van der Waals surface area contributed by atoms with Gasteiger partial charge in [-0.25, -0.2) is 0 Å². The molecule has 1 atom stereocenters. The van der Waals surface area contributed by atoms with E-state index in [0.29, 0.717) is 6.61 Å².